The van der Waals surface area contributed by atoms with E-state index in [1.165, 1.54) is 24.3 Å². The van der Waals surface area contributed by atoms with E-state index in [4.69, 9.17) is 0 Å². The number of anilines is 2. The van der Waals surface area contributed by atoms with Gasteiger partial charge in [-0.2, -0.15) is 0 Å². The molecule has 0 spiro atoms. The van der Waals surface area contributed by atoms with Crippen molar-refractivity contribution in [3.8, 4) is 44.8 Å². The van der Waals surface area contributed by atoms with Crippen LogP contribution in [0.2, 0.25) is 0 Å². The summed E-state index contributed by atoms with van der Waals surface area (Å²) >= 11 is 0. The van der Waals surface area contributed by atoms with Crippen LogP contribution in [-0.4, -0.2) is 115 Å². The molecule has 428 valence electrons. The van der Waals surface area contributed by atoms with Gasteiger partial charge in [0.1, 0.15) is 11.6 Å². The molecule has 0 fully saturated rings. The van der Waals surface area contributed by atoms with Gasteiger partial charge in [0.2, 0.25) is 0 Å². The second-order valence-corrected chi connectivity index (χ2v) is 20.8. The molecule has 0 aliphatic heterocycles. The number of para-hydroxylation sites is 2. The topological polar surface area (TPSA) is 229 Å². The van der Waals surface area contributed by atoms with E-state index in [2.05, 4.69) is 10.6 Å². The third-order valence-electron chi connectivity index (χ3n) is 13.8. The number of nitrogens with zero attached hydrogens (tertiary/aromatic N) is 2. The number of rotatable bonds is 24. The number of aliphatic hydroxyl groups excluding tert-OH is 4. The van der Waals surface area contributed by atoms with Crippen LogP contribution in [0.1, 0.15) is 110 Å². The average Bonchev–Trinajstić information content (AvgIpc) is 3.22. The van der Waals surface area contributed by atoms with Crippen LogP contribution in [0, 0.1) is 11.6 Å². The van der Waals surface area contributed by atoms with Crippen molar-refractivity contribution in [2.24, 2.45) is 0 Å². The molecule has 0 bridgehead atoms. The minimum absolute atomic E-state index is 0. The molecule has 0 aliphatic carbocycles. The van der Waals surface area contributed by atoms with Crippen molar-refractivity contribution in [1.29, 1.82) is 0 Å². The summed E-state index contributed by atoms with van der Waals surface area (Å²) in [6.45, 7) is 8.49. The minimum Gasteiger partial charge on any atom is -0.550 e. The fourth-order valence-electron chi connectivity index (χ4n) is 10.4. The van der Waals surface area contributed by atoms with Gasteiger partial charge in [0.25, 0.3) is 11.8 Å². The Kier molecular flexibility index (Phi) is 24.1. The van der Waals surface area contributed by atoms with E-state index in [1.807, 2.05) is 134 Å². The Morgan fingerprint density at radius 1 is 0.446 bits per heavy atom. The van der Waals surface area contributed by atoms with Gasteiger partial charge in [-0.1, -0.05) is 149 Å². The second-order valence-electron chi connectivity index (χ2n) is 20.8. The first-order chi connectivity index (χ1) is 39.3. The summed E-state index contributed by atoms with van der Waals surface area (Å²) in [4.78, 5) is 49.8. The molecule has 2 heterocycles. The first-order valence-corrected chi connectivity index (χ1v) is 27.3. The van der Waals surface area contributed by atoms with E-state index in [9.17, 15) is 58.6 Å². The van der Waals surface area contributed by atoms with E-state index in [-0.39, 0.29) is 100 Å². The summed E-state index contributed by atoms with van der Waals surface area (Å²) in [7, 11) is 0. The monoisotopic (exact) mass is 1150 g/mol. The van der Waals surface area contributed by atoms with E-state index < -0.39 is 60.8 Å². The van der Waals surface area contributed by atoms with Gasteiger partial charge < -0.3 is 60.0 Å². The molecule has 0 saturated heterocycles. The van der Waals surface area contributed by atoms with Gasteiger partial charge >= 0.3 is 37.7 Å². The smallest absolute Gasteiger partial charge is 0.550 e. The Balaban J connectivity index is 0.000000263. The summed E-state index contributed by atoms with van der Waals surface area (Å²) in [5, 5.41) is 69.2. The zero-order chi connectivity index (χ0) is 59.0. The zero-order valence-corrected chi connectivity index (χ0v) is 49.1. The van der Waals surface area contributed by atoms with E-state index in [1.54, 1.807) is 48.5 Å². The van der Waals surface area contributed by atoms with E-state index in [0.717, 1.165) is 33.9 Å². The predicted molar refractivity (Wildman–Crippen MR) is 315 cm³/mol. The predicted octanol–water partition coefficient (Wildman–Crippen LogP) is 9.58. The molecule has 8 rings (SSSR count). The summed E-state index contributed by atoms with van der Waals surface area (Å²) in [5.41, 5.74) is 9.36. The number of benzene rings is 6. The fraction of sp³-hybridized carbons (Fsp3) is 0.273. The molecule has 4 atom stereocenters. The van der Waals surface area contributed by atoms with Crippen LogP contribution in [-0.2, 0) is 22.7 Å². The molecule has 14 nitrogen and oxygen atoms in total. The number of nitrogens with one attached hydrogen (secondary N) is 2. The number of hydrogen-bond donors (Lipinski definition) is 6. The van der Waals surface area contributed by atoms with Crippen LogP contribution in [0.15, 0.2) is 170 Å². The Hall–Kier alpha value is -7.28. The Morgan fingerprint density at radius 3 is 1.04 bits per heavy atom. The van der Waals surface area contributed by atoms with Crippen LogP contribution in [0.4, 0.5) is 20.2 Å². The van der Waals surface area contributed by atoms with E-state index >= 15 is 0 Å². The number of amides is 2. The van der Waals surface area contributed by atoms with Gasteiger partial charge in [0.15, 0.2) is 0 Å². The Labute approximate surface area is 512 Å². The molecule has 8 aromatic rings. The van der Waals surface area contributed by atoms with Crippen molar-refractivity contribution in [2.75, 3.05) is 10.6 Å². The van der Waals surface area contributed by atoms with Crippen molar-refractivity contribution in [2.45, 2.75) is 116 Å². The van der Waals surface area contributed by atoms with Gasteiger partial charge in [-0.25, -0.2) is 8.78 Å². The van der Waals surface area contributed by atoms with Gasteiger partial charge in [0.05, 0.1) is 46.9 Å². The van der Waals surface area contributed by atoms with Crippen LogP contribution in [0.3, 0.4) is 0 Å². The molecular weight excluding hydrogens is 1090 g/mol. The van der Waals surface area contributed by atoms with Crippen molar-refractivity contribution < 1.29 is 58.6 Å². The standard InChI is InChI=1S/2C33H35FN2O5.Ca/c2*1-21(2)31-30(33(41)35-25-11-7-4-8-12-25)29(22-13-15-24(34)16-14-22)32(23-9-5-3-6-10-23)36(31)18-17-26(37)19-27(38)20-28(39)40;/h2*3-16,21,26-27,37-38H,17-20H2,1-2H3,(H,35,41)(H,39,40);/q;;+2/p-2. The molecule has 4 unspecified atom stereocenters. The number of halogens is 2. The second kappa shape index (κ2) is 30.9. The number of carboxylic acid groups (broad SMARTS) is 2. The number of carbonyl (C=O) groups is 4. The summed E-state index contributed by atoms with van der Waals surface area (Å²) in [6, 6.07) is 49.4. The zero-order valence-electron chi connectivity index (χ0n) is 46.9. The molecule has 17 heteroatoms. The molecule has 2 amide bonds. The molecule has 6 N–H and O–H groups in total. The summed E-state index contributed by atoms with van der Waals surface area (Å²) in [6.07, 6.45) is -5.45. The molecule has 2 aromatic heterocycles. The number of aromatic nitrogens is 2. The van der Waals surface area contributed by atoms with Gasteiger partial charge in [-0.15, -0.1) is 0 Å². The third-order valence-corrected chi connectivity index (χ3v) is 13.8. The van der Waals surface area contributed by atoms with Crippen LogP contribution in [0.25, 0.3) is 44.8 Å². The molecule has 83 heavy (non-hydrogen) atoms. The van der Waals surface area contributed by atoms with Crippen LogP contribution >= 0.6 is 0 Å². The quantitative estimate of drug-likeness (QED) is 0.0314. The maximum absolute atomic E-state index is 14.0. The molecule has 6 aromatic carbocycles. The number of carbonyl (C=O) groups excluding carboxylic acids is 4. The number of carboxylic acids is 2. The van der Waals surface area contributed by atoms with Crippen molar-refractivity contribution in [3.63, 3.8) is 0 Å². The maximum Gasteiger partial charge on any atom is 2.00 e. The van der Waals surface area contributed by atoms with Crippen molar-refractivity contribution >= 4 is 72.9 Å². The van der Waals surface area contributed by atoms with Gasteiger partial charge in [0, 0.05) is 71.8 Å². The van der Waals surface area contributed by atoms with E-state index in [0.29, 0.717) is 44.8 Å². The first-order valence-electron chi connectivity index (χ1n) is 27.3. The van der Waals surface area contributed by atoms with Gasteiger partial charge in [-0.3, -0.25) is 9.59 Å². The molecule has 0 aliphatic rings. The van der Waals surface area contributed by atoms with Crippen LogP contribution in [0.5, 0.6) is 0 Å². The first kappa shape index (κ1) is 64.9. The normalized spacial score (nSPS) is 12.6. The fourth-order valence-corrected chi connectivity index (χ4v) is 10.4. The van der Waals surface area contributed by atoms with Crippen molar-refractivity contribution in [3.05, 3.63) is 204 Å². The summed E-state index contributed by atoms with van der Waals surface area (Å²) in [5.74, 6) is -4.45. The van der Waals surface area contributed by atoms with Crippen molar-refractivity contribution in [1.82, 2.24) is 9.13 Å². The minimum atomic E-state index is -1.39. The Morgan fingerprint density at radius 2 is 0.747 bits per heavy atom. The average molecular weight is 1160 g/mol. The SMILES string of the molecule is CC(C)c1c(C(=O)Nc2ccccc2)c(-c2ccc(F)cc2)c(-c2ccccc2)n1CCC(O)CC(O)CC(=O)[O-].CC(C)c1c(C(=O)Nc2ccccc2)c(-c2ccc(F)cc2)c(-c2ccccc2)n1CCC(O)CC(O)CC(=O)[O-].[Ca+2]. The molecule has 0 radical (unpaired) electrons. The van der Waals surface area contributed by atoms with Gasteiger partial charge in [-0.05, 0) is 108 Å². The Bertz CT molecular complexity index is 3170. The molecular formula is C66H68CaF2N4O10. The number of hydrogen-bond acceptors (Lipinski definition) is 10. The maximum atomic E-state index is 14.0. The largest absolute Gasteiger partial charge is 2.00 e. The number of aliphatic hydroxyl groups is 4. The summed E-state index contributed by atoms with van der Waals surface area (Å²) < 4.78 is 32.0. The molecule has 0 saturated carbocycles. The van der Waals surface area contributed by atoms with Crippen LogP contribution < -0.4 is 20.8 Å². The number of aliphatic carboxylic acids is 2. The third kappa shape index (κ3) is 17.4.